The fourth-order valence-corrected chi connectivity index (χ4v) is 6.29. The lowest BCUT2D eigenvalue weighted by Gasteiger charge is -2.38. The summed E-state index contributed by atoms with van der Waals surface area (Å²) in [7, 11) is 8.22. The van der Waals surface area contributed by atoms with Gasteiger partial charge in [0.15, 0.2) is 10.7 Å². The molecule has 0 bridgehead atoms. The average molecular weight is 585 g/mol. The monoisotopic (exact) mass is 584 g/mol. The summed E-state index contributed by atoms with van der Waals surface area (Å²) >= 11 is 2.78. The quantitative estimate of drug-likeness (QED) is 0.366. The third kappa shape index (κ3) is 6.40. The number of anilines is 2. The molecule has 1 aromatic heterocycles. The van der Waals surface area contributed by atoms with Gasteiger partial charge in [-0.05, 0) is 42.5 Å². The normalized spacial score (nSPS) is 14.4. The van der Waals surface area contributed by atoms with E-state index in [0.29, 0.717) is 47.9 Å². The van der Waals surface area contributed by atoms with Crippen molar-refractivity contribution < 1.29 is 28.6 Å². The van der Waals surface area contributed by atoms with Crippen molar-refractivity contribution in [1.29, 1.82) is 0 Å². The number of carbonyl (C=O) groups is 3. The Morgan fingerprint density at radius 1 is 1.05 bits per heavy atom. The molecular formula is C28H32N4O6S2. The van der Waals surface area contributed by atoms with E-state index in [1.807, 2.05) is 37.2 Å². The van der Waals surface area contributed by atoms with Crippen molar-refractivity contribution in [2.24, 2.45) is 0 Å². The van der Waals surface area contributed by atoms with Crippen LogP contribution in [0.3, 0.4) is 0 Å². The van der Waals surface area contributed by atoms with Gasteiger partial charge in [0.2, 0.25) is 0 Å². The summed E-state index contributed by atoms with van der Waals surface area (Å²) in [5.74, 6) is -0.393. The molecule has 1 aliphatic rings. The molecule has 2 aromatic carbocycles. The Labute approximate surface area is 241 Å². The highest BCUT2D eigenvalue weighted by molar-refractivity contribution is 8.01. The molecular weight excluding hydrogens is 552 g/mol. The molecule has 2 heterocycles. The molecule has 0 radical (unpaired) electrons. The van der Waals surface area contributed by atoms with E-state index in [-0.39, 0.29) is 11.8 Å². The molecule has 212 valence electrons. The molecule has 0 aliphatic carbocycles. The number of ether oxygens (including phenoxy) is 3. The number of nitrogens with zero attached hydrogens (tertiary/aromatic N) is 3. The van der Waals surface area contributed by atoms with Crippen LogP contribution in [-0.2, 0) is 14.3 Å². The molecule has 1 fully saturated rings. The first-order valence-corrected chi connectivity index (χ1v) is 14.2. The van der Waals surface area contributed by atoms with Crippen molar-refractivity contribution in [1.82, 2.24) is 9.88 Å². The average Bonchev–Trinajstić information content (AvgIpc) is 3.42. The first-order valence-electron chi connectivity index (χ1n) is 12.5. The molecule has 4 rings (SSSR count). The van der Waals surface area contributed by atoms with Crippen molar-refractivity contribution in [3.8, 4) is 5.75 Å². The highest BCUT2D eigenvalue weighted by Gasteiger charge is 2.44. The maximum Gasteiger partial charge on any atom is 0.338 e. The molecule has 0 unspecified atom stereocenters. The van der Waals surface area contributed by atoms with E-state index in [0.717, 1.165) is 14.8 Å². The highest BCUT2D eigenvalue weighted by Crippen LogP contribution is 2.37. The lowest BCUT2D eigenvalue weighted by Crippen LogP contribution is -2.52. The Bertz CT molecular complexity index is 1370. The number of likely N-dealkylation sites (tertiary alicyclic amines) is 1. The number of thiazole rings is 1. The molecule has 2 amide bonds. The van der Waals surface area contributed by atoms with Crippen molar-refractivity contribution in [2.45, 2.75) is 27.5 Å². The predicted molar refractivity (Wildman–Crippen MR) is 155 cm³/mol. The number of hydrogen-bond donors (Lipinski definition) is 1. The molecule has 1 aliphatic heterocycles. The summed E-state index contributed by atoms with van der Waals surface area (Å²) in [6.07, 6.45) is 2.37. The minimum Gasteiger partial charge on any atom is -0.496 e. The van der Waals surface area contributed by atoms with Crippen LogP contribution < -0.4 is 15.0 Å². The molecule has 0 atom stereocenters. The second-order valence-electron chi connectivity index (χ2n) is 9.33. The topological polar surface area (TPSA) is 110 Å². The van der Waals surface area contributed by atoms with Gasteiger partial charge in [-0.2, -0.15) is 0 Å². The van der Waals surface area contributed by atoms with E-state index in [4.69, 9.17) is 14.2 Å². The molecule has 1 saturated heterocycles. The summed E-state index contributed by atoms with van der Waals surface area (Å²) < 4.78 is 16.7. The summed E-state index contributed by atoms with van der Waals surface area (Å²) in [5, 5.41) is 3.33. The largest absolute Gasteiger partial charge is 0.496 e. The molecule has 0 saturated carbocycles. The minimum absolute atomic E-state index is 0.189. The van der Waals surface area contributed by atoms with Crippen molar-refractivity contribution in [2.75, 3.05) is 58.7 Å². The van der Waals surface area contributed by atoms with E-state index in [1.54, 1.807) is 35.4 Å². The molecule has 1 N–H and O–H groups in total. The lowest BCUT2D eigenvalue weighted by molar-refractivity contribution is -0.171. The maximum atomic E-state index is 13.5. The van der Waals surface area contributed by atoms with Crippen LogP contribution in [0.15, 0.2) is 57.8 Å². The number of amides is 2. The number of esters is 1. The number of methoxy groups -OCH3 is 3. The van der Waals surface area contributed by atoms with Crippen LogP contribution in [0.5, 0.6) is 5.75 Å². The first-order chi connectivity index (χ1) is 19.2. The van der Waals surface area contributed by atoms with Gasteiger partial charge < -0.3 is 24.0 Å². The molecule has 40 heavy (non-hydrogen) atoms. The van der Waals surface area contributed by atoms with Gasteiger partial charge in [-0.3, -0.25) is 14.9 Å². The van der Waals surface area contributed by atoms with Crippen molar-refractivity contribution in [3.63, 3.8) is 0 Å². The number of nitrogens with one attached hydrogen (secondary N) is 1. The Balaban J connectivity index is 1.43. The number of aromatic nitrogens is 1. The van der Waals surface area contributed by atoms with Gasteiger partial charge in [-0.1, -0.05) is 23.1 Å². The second-order valence-corrected chi connectivity index (χ2v) is 11.7. The standard InChI is InChI=1S/C28H32N4O6S2/c1-31(2)19-8-6-18(7-9-19)24(33)30-27-29-17-23(40-27)39-20-10-11-22(36-3)21(16-20)25(34)32-14-12-28(38-5,13-15-32)26(35)37-4/h6-11,16-17H,12-15H2,1-5H3,(H,29,30,33). The molecule has 3 aromatic rings. The second kappa shape index (κ2) is 12.7. The summed E-state index contributed by atoms with van der Waals surface area (Å²) in [5.41, 5.74) is 0.934. The van der Waals surface area contributed by atoms with Gasteiger partial charge >= 0.3 is 5.97 Å². The summed E-state index contributed by atoms with van der Waals surface area (Å²) in [6, 6.07) is 12.7. The maximum absolute atomic E-state index is 13.5. The third-order valence-corrected chi connectivity index (χ3v) is 8.78. The Kier molecular flexibility index (Phi) is 9.33. The summed E-state index contributed by atoms with van der Waals surface area (Å²) in [4.78, 5) is 47.2. The molecule has 10 nitrogen and oxygen atoms in total. The number of hydrogen-bond acceptors (Lipinski definition) is 10. The Morgan fingerprint density at radius 2 is 1.75 bits per heavy atom. The zero-order chi connectivity index (χ0) is 28.9. The van der Waals surface area contributed by atoms with Crippen LogP contribution in [0.1, 0.15) is 33.6 Å². The third-order valence-electron chi connectivity index (χ3n) is 6.78. The van der Waals surface area contributed by atoms with E-state index < -0.39 is 11.6 Å². The summed E-state index contributed by atoms with van der Waals surface area (Å²) in [6.45, 7) is 0.691. The van der Waals surface area contributed by atoms with E-state index in [9.17, 15) is 14.4 Å². The van der Waals surface area contributed by atoms with Gasteiger partial charge in [0, 0.05) is 63.3 Å². The lowest BCUT2D eigenvalue weighted by atomic mass is 9.90. The van der Waals surface area contributed by atoms with Crippen LogP contribution in [0.25, 0.3) is 0 Å². The first kappa shape index (κ1) is 29.4. The SMILES string of the molecule is COC(=O)C1(OC)CCN(C(=O)c2cc(Sc3cnc(NC(=O)c4ccc(N(C)C)cc4)s3)ccc2OC)CC1. The zero-order valence-electron chi connectivity index (χ0n) is 23.1. The number of piperidine rings is 1. The fraction of sp³-hybridized carbons (Fsp3) is 0.357. The van der Waals surface area contributed by atoms with Crippen LogP contribution in [-0.4, -0.2) is 81.8 Å². The van der Waals surface area contributed by atoms with Gasteiger partial charge in [-0.25, -0.2) is 9.78 Å². The number of carbonyl (C=O) groups excluding carboxylic acids is 3. The van der Waals surface area contributed by atoms with Crippen LogP contribution >= 0.6 is 23.1 Å². The van der Waals surface area contributed by atoms with Crippen molar-refractivity contribution >= 4 is 51.7 Å². The van der Waals surface area contributed by atoms with Gasteiger partial charge in [0.1, 0.15) is 5.75 Å². The van der Waals surface area contributed by atoms with Crippen molar-refractivity contribution in [3.05, 3.63) is 59.8 Å². The van der Waals surface area contributed by atoms with Gasteiger partial charge in [-0.15, -0.1) is 0 Å². The minimum atomic E-state index is -1.04. The molecule has 12 heteroatoms. The van der Waals surface area contributed by atoms with Crippen LogP contribution in [0.4, 0.5) is 10.8 Å². The van der Waals surface area contributed by atoms with Crippen LogP contribution in [0, 0.1) is 0 Å². The predicted octanol–water partition coefficient (Wildman–Crippen LogP) is 4.42. The van der Waals surface area contributed by atoms with E-state index in [1.165, 1.54) is 44.4 Å². The Morgan fingerprint density at radius 3 is 2.35 bits per heavy atom. The number of rotatable bonds is 9. The van der Waals surface area contributed by atoms with E-state index >= 15 is 0 Å². The highest BCUT2D eigenvalue weighted by atomic mass is 32.2. The van der Waals surface area contributed by atoms with Gasteiger partial charge in [0.25, 0.3) is 11.8 Å². The van der Waals surface area contributed by atoms with E-state index in [2.05, 4.69) is 10.3 Å². The smallest absolute Gasteiger partial charge is 0.338 e. The zero-order valence-corrected chi connectivity index (χ0v) is 24.7. The number of benzene rings is 2. The fourth-order valence-electron chi connectivity index (χ4n) is 4.40. The molecule has 0 spiro atoms. The Hall–Kier alpha value is -3.61. The van der Waals surface area contributed by atoms with Gasteiger partial charge in [0.05, 0.1) is 30.2 Å². The van der Waals surface area contributed by atoms with Crippen LogP contribution in [0.2, 0.25) is 0 Å².